The van der Waals surface area contributed by atoms with Gasteiger partial charge in [0.2, 0.25) is 5.88 Å². The molecule has 6 heteroatoms. The van der Waals surface area contributed by atoms with Crippen molar-refractivity contribution in [3.63, 3.8) is 0 Å². The molecule has 0 saturated carbocycles. The summed E-state index contributed by atoms with van der Waals surface area (Å²) in [7, 11) is 1.49. The van der Waals surface area contributed by atoms with Crippen molar-refractivity contribution in [2.75, 3.05) is 13.7 Å². The second-order valence-corrected chi connectivity index (χ2v) is 5.18. The van der Waals surface area contributed by atoms with Crippen LogP contribution in [0.3, 0.4) is 0 Å². The lowest BCUT2D eigenvalue weighted by molar-refractivity contribution is 0.0947. The van der Waals surface area contributed by atoms with Crippen LogP contribution in [0.15, 0.2) is 30.5 Å². The van der Waals surface area contributed by atoms with E-state index in [0.717, 1.165) is 9.75 Å². The molecule has 0 aromatic carbocycles. The van der Waals surface area contributed by atoms with E-state index in [1.807, 2.05) is 12.1 Å². The van der Waals surface area contributed by atoms with Crippen LogP contribution in [0.1, 0.15) is 20.1 Å². The highest BCUT2D eigenvalue weighted by Gasteiger charge is 2.12. The molecule has 2 aromatic heterocycles. The maximum atomic E-state index is 12.1. The van der Waals surface area contributed by atoms with E-state index in [0.29, 0.717) is 24.5 Å². The molecule has 108 valence electrons. The van der Waals surface area contributed by atoms with Gasteiger partial charge >= 0.3 is 0 Å². The van der Waals surface area contributed by atoms with Gasteiger partial charge in [-0.25, -0.2) is 4.98 Å². The summed E-state index contributed by atoms with van der Waals surface area (Å²) >= 11 is 1.53. The summed E-state index contributed by atoms with van der Waals surface area (Å²) in [5, 5.41) is 2.84. The molecule has 0 saturated heterocycles. The zero-order valence-electron chi connectivity index (χ0n) is 11.6. The Morgan fingerprint density at radius 1 is 1.48 bits per heavy atom. The fraction of sp³-hybridized carbons (Fsp3) is 0.200. The van der Waals surface area contributed by atoms with E-state index in [1.54, 1.807) is 18.3 Å². The number of methoxy groups -OCH3 is 1. The summed E-state index contributed by atoms with van der Waals surface area (Å²) in [6, 6.07) is 7.22. The average Bonchev–Trinajstić information content (AvgIpc) is 2.98. The summed E-state index contributed by atoms with van der Waals surface area (Å²) in [6.07, 6.45) is 1.58. The van der Waals surface area contributed by atoms with Gasteiger partial charge in [0.1, 0.15) is 5.56 Å². The highest BCUT2D eigenvalue weighted by Crippen LogP contribution is 2.16. The molecule has 21 heavy (non-hydrogen) atoms. The van der Waals surface area contributed by atoms with E-state index >= 15 is 0 Å². The average molecular weight is 301 g/mol. The van der Waals surface area contributed by atoms with Crippen molar-refractivity contribution in [2.24, 2.45) is 5.73 Å². The highest BCUT2D eigenvalue weighted by atomic mass is 32.1. The number of thiophene rings is 1. The van der Waals surface area contributed by atoms with Crippen LogP contribution in [0.2, 0.25) is 0 Å². The van der Waals surface area contributed by atoms with Crippen molar-refractivity contribution in [1.82, 2.24) is 10.3 Å². The largest absolute Gasteiger partial charge is 0.480 e. The summed E-state index contributed by atoms with van der Waals surface area (Å²) in [5.41, 5.74) is 5.75. The number of ether oxygens (including phenoxy) is 1. The number of hydrogen-bond acceptors (Lipinski definition) is 5. The number of aromatic nitrogens is 1. The van der Waals surface area contributed by atoms with Gasteiger partial charge in [-0.3, -0.25) is 4.79 Å². The number of amides is 1. The number of nitrogens with one attached hydrogen (secondary N) is 1. The standard InChI is InChI=1S/C15H15N3O2S/c1-20-15-13(5-3-9-17-15)14(19)18-10-12-7-6-11(21-12)4-2-8-16/h3,5-7,9H,8,10,16H2,1H3,(H,18,19). The van der Waals surface area contributed by atoms with E-state index in [2.05, 4.69) is 22.1 Å². The molecule has 2 heterocycles. The Morgan fingerprint density at radius 2 is 2.33 bits per heavy atom. The van der Waals surface area contributed by atoms with E-state index in [9.17, 15) is 4.79 Å². The van der Waals surface area contributed by atoms with Gasteiger partial charge in [-0.15, -0.1) is 11.3 Å². The summed E-state index contributed by atoms with van der Waals surface area (Å²) in [5.74, 6) is 5.86. The number of pyridine rings is 1. The van der Waals surface area contributed by atoms with E-state index in [-0.39, 0.29) is 5.91 Å². The summed E-state index contributed by atoms with van der Waals surface area (Å²) in [4.78, 5) is 18.1. The Hall–Kier alpha value is -2.36. The van der Waals surface area contributed by atoms with Crippen molar-refractivity contribution >= 4 is 17.2 Å². The van der Waals surface area contributed by atoms with Gasteiger partial charge in [0.15, 0.2) is 0 Å². The van der Waals surface area contributed by atoms with Crippen LogP contribution in [-0.2, 0) is 6.54 Å². The molecule has 0 spiro atoms. The molecular weight excluding hydrogens is 286 g/mol. The monoisotopic (exact) mass is 301 g/mol. The van der Waals surface area contributed by atoms with E-state index in [4.69, 9.17) is 10.5 Å². The Kier molecular flexibility index (Phi) is 5.32. The molecule has 3 N–H and O–H groups in total. The Bertz CT molecular complexity index is 685. The van der Waals surface area contributed by atoms with Crippen molar-refractivity contribution < 1.29 is 9.53 Å². The number of carbonyl (C=O) groups is 1. The smallest absolute Gasteiger partial charge is 0.257 e. The van der Waals surface area contributed by atoms with E-state index < -0.39 is 0 Å². The number of nitrogens with zero attached hydrogens (tertiary/aromatic N) is 1. The molecule has 1 amide bonds. The summed E-state index contributed by atoms with van der Waals surface area (Å²) < 4.78 is 5.07. The second kappa shape index (κ2) is 7.43. The van der Waals surface area contributed by atoms with Crippen molar-refractivity contribution in [2.45, 2.75) is 6.54 Å². The van der Waals surface area contributed by atoms with Crippen LogP contribution in [0.5, 0.6) is 5.88 Å². The van der Waals surface area contributed by atoms with Crippen molar-refractivity contribution in [3.8, 4) is 17.7 Å². The minimum atomic E-state index is -0.219. The van der Waals surface area contributed by atoms with Gasteiger partial charge in [0, 0.05) is 11.1 Å². The zero-order chi connectivity index (χ0) is 15.1. The zero-order valence-corrected chi connectivity index (χ0v) is 12.4. The van der Waals surface area contributed by atoms with Crippen LogP contribution >= 0.6 is 11.3 Å². The molecule has 0 aliphatic heterocycles. The van der Waals surface area contributed by atoms with Crippen LogP contribution in [0.25, 0.3) is 0 Å². The third-order valence-electron chi connectivity index (χ3n) is 2.61. The number of nitrogens with two attached hydrogens (primary N) is 1. The fourth-order valence-electron chi connectivity index (χ4n) is 1.67. The fourth-order valence-corrected chi connectivity index (χ4v) is 2.49. The lowest BCUT2D eigenvalue weighted by Gasteiger charge is -2.07. The van der Waals surface area contributed by atoms with Crippen molar-refractivity contribution in [1.29, 1.82) is 0 Å². The van der Waals surface area contributed by atoms with Gasteiger partial charge in [-0.1, -0.05) is 11.8 Å². The number of hydrogen-bond donors (Lipinski definition) is 2. The normalized spacial score (nSPS) is 9.62. The first-order valence-corrected chi connectivity index (χ1v) is 7.11. The quantitative estimate of drug-likeness (QED) is 0.837. The first-order valence-electron chi connectivity index (χ1n) is 6.29. The molecule has 0 aliphatic carbocycles. The minimum absolute atomic E-state index is 0.219. The number of carbonyl (C=O) groups excluding carboxylic acids is 1. The van der Waals surface area contributed by atoms with Gasteiger partial charge in [-0.2, -0.15) is 0 Å². The van der Waals surface area contributed by atoms with Gasteiger partial charge in [-0.05, 0) is 24.3 Å². The predicted octanol–water partition coefficient (Wildman–Crippen LogP) is 1.39. The Balaban J connectivity index is 1.99. The molecule has 2 rings (SSSR count). The first-order chi connectivity index (χ1) is 10.2. The number of rotatable bonds is 4. The van der Waals surface area contributed by atoms with Crippen LogP contribution in [-0.4, -0.2) is 24.5 Å². The maximum absolute atomic E-state index is 12.1. The minimum Gasteiger partial charge on any atom is -0.480 e. The molecular formula is C15H15N3O2S. The third kappa shape index (κ3) is 4.05. The lowest BCUT2D eigenvalue weighted by atomic mass is 10.2. The molecule has 0 unspecified atom stereocenters. The van der Waals surface area contributed by atoms with E-state index in [1.165, 1.54) is 18.4 Å². The van der Waals surface area contributed by atoms with Gasteiger partial charge in [0.05, 0.1) is 25.1 Å². The first kappa shape index (κ1) is 15.0. The lowest BCUT2D eigenvalue weighted by Crippen LogP contribution is -2.23. The maximum Gasteiger partial charge on any atom is 0.257 e. The SMILES string of the molecule is COc1ncccc1C(=O)NCc1ccc(C#CCN)s1. The highest BCUT2D eigenvalue weighted by molar-refractivity contribution is 7.12. The predicted molar refractivity (Wildman–Crippen MR) is 82.2 cm³/mol. The molecule has 0 radical (unpaired) electrons. The molecule has 0 atom stereocenters. The van der Waals surface area contributed by atoms with Gasteiger partial charge < -0.3 is 15.8 Å². The molecule has 0 bridgehead atoms. The van der Waals surface area contributed by atoms with Crippen molar-refractivity contribution in [3.05, 3.63) is 45.8 Å². The van der Waals surface area contributed by atoms with Gasteiger partial charge in [0.25, 0.3) is 5.91 Å². The second-order valence-electron chi connectivity index (χ2n) is 4.01. The Labute approximate surface area is 127 Å². The van der Waals surface area contributed by atoms with Crippen LogP contribution in [0.4, 0.5) is 0 Å². The molecule has 2 aromatic rings. The van der Waals surface area contributed by atoms with Crippen LogP contribution < -0.4 is 15.8 Å². The molecule has 5 nitrogen and oxygen atoms in total. The summed E-state index contributed by atoms with van der Waals surface area (Å²) in [6.45, 7) is 0.774. The topological polar surface area (TPSA) is 77.2 Å². The van der Waals surface area contributed by atoms with Crippen LogP contribution in [0, 0.1) is 11.8 Å². The molecule has 0 fully saturated rings. The molecule has 0 aliphatic rings. The Morgan fingerprint density at radius 3 is 3.10 bits per heavy atom. The third-order valence-corrected chi connectivity index (χ3v) is 3.61.